The molecule has 0 unspecified atom stereocenters. The zero-order chi connectivity index (χ0) is 18.7. The van der Waals surface area contributed by atoms with Crippen molar-refractivity contribution in [1.29, 1.82) is 0 Å². The topological polar surface area (TPSA) is 89.0 Å². The van der Waals surface area contributed by atoms with Crippen molar-refractivity contribution in [2.45, 2.75) is 29.5 Å². The molecule has 1 amide bonds. The van der Waals surface area contributed by atoms with Crippen LogP contribution >= 0.6 is 11.3 Å². The number of carbonyl (C=O) groups excluding carboxylic acids is 1. The van der Waals surface area contributed by atoms with Crippen molar-refractivity contribution in [1.82, 2.24) is 15.3 Å². The monoisotopic (exact) mass is 387 g/mol. The van der Waals surface area contributed by atoms with E-state index in [0.717, 1.165) is 17.0 Å². The van der Waals surface area contributed by atoms with Crippen molar-refractivity contribution in [3.05, 3.63) is 70.6 Å². The van der Waals surface area contributed by atoms with Gasteiger partial charge in [-0.05, 0) is 37.6 Å². The second-order valence-electron chi connectivity index (χ2n) is 5.72. The Bertz CT molecular complexity index is 1040. The molecule has 0 aliphatic heterocycles. The molecule has 2 aromatic heterocycles. The van der Waals surface area contributed by atoms with Gasteiger partial charge >= 0.3 is 0 Å². The Balaban J connectivity index is 1.76. The van der Waals surface area contributed by atoms with Gasteiger partial charge < -0.3 is 5.32 Å². The van der Waals surface area contributed by atoms with Gasteiger partial charge in [0.2, 0.25) is 9.84 Å². The minimum Gasteiger partial charge on any atom is -0.346 e. The molecular weight excluding hydrogens is 370 g/mol. The molecule has 0 aliphatic rings. The lowest BCUT2D eigenvalue weighted by molar-refractivity contribution is 0.0954. The SMILES string of the molecule is Cc1cnc(CNC(=O)c2ccc(S(=O)(=O)c3ccccc3C)s2)cn1. The number of hydrogen-bond donors (Lipinski definition) is 1. The van der Waals surface area contributed by atoms with Gasteiger partial charge in [-0.2, -0.15) is 0 Å². The summed E-state index contributed by atoms with van der Waals surface area (Å²) in [5.74, 6) is -0.344. The molecule has 26 heavy (non-hydrogen) atoms. The molecule has 1 aromatic carbocycles. The predicted molar refractivity (Wildman–Crippen MR) is 98.9 cm³/mol. The molecule has 2 heterocycles. The van der Waals surface area contributed by atoms with E-state index in [0.29, 0.717) is 16.1 Å². The van der Waals surface area contributed by atoms with E-state index in [1.807, 2.05) is 6.92 Å². The van der Waals surface area contributed by atoms with Gasteiger partial charge in [-0.3, -0.25) is 14.8 Å². The second kappa shape index (κ2) is 7.35. The molecule has 0 radical (unpaired) electrons. The average molecular weight is 387 g/mol. The van der Waals surface area contributed by atoms with Gasteiger partial charge in [-0.1, -0.05) is 18.2 Å². The van der Waals surface area contributed by atoms with Crippen LogP contribution in [0.25, 0.3) is 0 Å². The molecule has 8 heteroatoms. The first-order chi connectivity index (χ1) is 12.4. The van der Waals surface area contributed by atoms with Crippen LogP contribution < -0.4 is 5.32 Å². The number of hydrogen-bond acceptors (Lipinski definition) is 6. The van der Waals surface area contributed by atoms with Crippen LogP contribution in [0.4, 0.5) is 0 Å². The van der Waals surface area contributed by atoms with E-state index in [-0.39, 0.29) is 21.6 Å². The summed E-state index contributed by atoms with van der Waals surface area (Å²) in [6.07, 6.45) is 3.22. The van der Waals surface area contributed by atoms with Crippen LogP contribution in [0.1, 0.15) is 26.6 Å². The molecule has 0 fully saturated rings. The number of nitrogens with one attached hydrogen (secondary N) is 1. The van der Waals surface area contributed by atoms with E-state index in [1.165, 1.54) is 12.1 Å². The number of thiophene rings is 1. The zero-order valence-electron chi connectivity index (χ0n) is 14.3. The van der Waals surface area contributed by atoms with Crippen LogP contribution in [0.2, 0.25) is 0 Å². The Morgan fingerprint density at radius 3 is 2.54 bits per heavy atom. The summed E-state index contributed by atoms with van der Waals surface area (Å²) in [7, 11) is -3.64. The number of aromatic nitrogens is 2. The maximum Gasteiger partial charge on any atom is 0.261 e. The summed E-state index contributed by atoms with van der Waals surface area (Å²) in [4.78, 5) is 21.2. The van der Waals surface area contributed by atoms with Crippen molar-refractivity contribution in [2.75, 3.05) is 0 Å². The number of carbonyl (C=O) groups is 1. The van der Waals surface area contributed by atoms with Crippen molar-refractivity contribution in [3.8, 4) is 0 Å². The first kappa shape index (κ1) is 18.2. The highest BCUT2D eigenvalue weighted by molar-refractivity contribution is 7.93. The molecule has 6 nitrogen and oxygen atoms in total. The molecule has 0 saturated carbocycles. The molecule has 134 valence electrons. The number of rotatable bonds is 5. The molecule has 1 N–H and O–H groups in total. The van der Waals surface area contributed by atoms with Crippen molar-refractivity contribution in [2.24, 2.45) is 0 Å². The Kier molecular flexibility index (Phi) is 5.15. The van der Waals surface area contributed by atoms with Gasteiger partial charge in [0.1, 0.15) is 4.21 Å². The third kappa shape index (κ3) is 3.81. The number of nitrogens with zero attached hydrogens (tertiary/aromatic N) is 2. The van der Waals surface area contributed by atoms with E-state index < -0.39 is 9.84 Å². The minimum atomic E-state index is -3.64. The third-order valence-electron chi connectivity index (χ3n) is 3.72. The van der Waals surface area contributed by atoms with Crippen molar-refractivity contribution >= 4 is 27.1 Å². The summed E-state index contributed by atoms with van der Waals surface area (Å²) >= 11 is 0.953. The maximum atomic E-state index is 12.8. The van der Waals surface area contributed by atoms with E-state index in [9.17, 15) is 13.2 Å². The van der Waals surface area contributed by atoms with E-state index in [1.54, 1.807) is 43.6 Å². The normalized spacial score (nSPS) is 11.3. The van der Waals surface area contributed by atoms with Crippen LogP contribution in [0.3, 0.4) is 0 Å². The van der Waals surface area contributed by atoms with Gasteiger partial charge in [0.25, 0.3) is 5.91 Å². The van der Waals surface area contributed by atoms with Crippen molar-refractivity contribution < 1.29 is 13.2 Å². The number of aryl methyl sites for hydroxylation is 2. The maximum absolute atomic E-state index is 12.8. The fraction of sp³-hybridized carbons (Fsp3) is 0.167. The van der Waals surface area contributed by atoms with Crippen molar-refractivity contribution in [3.63, 3.8) is 0 Å². The molecular formula is C18H17N3O3S2. The molecule has 3 aromatic rings. The van der Waals surface area contributed by atoms with Crippen LogP contribution in [0.15, 0.2) is 57.9 Å². The number of benzene rings is 1. The highest BCUT2D eigenvalue weighted by Crippen LogP contribution is 2.29. The first-order valence-corrected chi connectivity index (χ1v) is 10.1. The van der Waals surface area contributed by atoms with E-state index in [4.69, 9.17) is 0 Å². The van der Waals surface area contributed by atoms with Crippen LogP contribution in [0, 0.1) is 13.8 Å². The largest absolute Gasteiger partial charge is 0.346 e. The zero-order valence-corrected chi connectivity index (χ0v) is 15.9. The summed E-state index contributed by atoms with van der Waals surface area (Å²) < 4.78 is 25.7. The van der Waals surface area contributed by atoms with Gasteiger partial charge in [-0.15, -0.1) is 11.3 Å². The molecule has 0 saturated heterocycles. The third-order valence-corrected chi connectivity index (χ3v) is 7.21. The average Bonchev–Trinajstić information content (AvgIpc) is 3.12. The van der Waals surface area contributed by atoms with Crippen LogP contribution in [-0.2, 0) is 16.4 Å². The predicted octanol–water partition coefficient (Wildman–Crippen LogP) is 2.92. The van der Waals surface area contributed by atoms with Crippen LogP contribution in [-0.4, -0.2) is 24.3 Å². The minimum absolute atomic E-state index is 0.145. The quantitative estimate of drug-likeness (QED) is 0.727. The van der Waals surface area contributed by atoms with Gasteiger partial charge in [0.05, 0.1) is 33.9 Å². The molecule has 0 aliphatic carbocycles. The summed E-state index contributed by atoms with van der Waals surface area (Å²) in [6.45, 7) is 3.80. The number of sulfone groups is 1. The molecule has 3 rings (SSSR count). The smallest absolute Gasteiger partial charge is 0.261 e. The standard InChI is InChI=1S/C18H17N3O3S2/c1-12-5-3-4-6-16(12)26(23,24)17-8-7-15(25-17)18(22)21-11-14-10-19-13(2)9-20-14/h3-10H,11H2,1-2H3,(H,21,22). The van der Waals surface area contributed by atoms with Gasteiger partial charge in [0, 0.05) is 6.20 Å². The van der Waals surface area contributed by atoms with Gasteiger partial charge in [-0.25, -0.2) is 8.42 Å². The fourth-order valence-corrected chi connectivity index (χ4v) is 5.17. The molecule has 0 bridgehead atoms. The lowest BCUT2D eigenvalue weighted by Crippen LogP contribution is -2.22. The highest BCUT2D eigenvalue weighted by atomic mass is 32.2. The lowest BCUT2D eigenvalue weighted by Gasteiger charge is -2.05. The molecule has 0 atom stereocenters. The Morgan fingerprint density at radius 2 is 1.85 bits per heavy atom. The van der Waals surface area contributed by atoms with E-state index >= 15 is 0 Å². The summed E-state index contributed by atoms with van der Waals surface area (Å²) in [6, 6.07) is 9.77. The number of amides is 1. The van der Waals surface area contributed by atoms with E-state index in [2.05, 4.69) is 15.3 Å². The highest BCUT2D eigenvalue weighted by Gasteiger charge is 2.23. The fourth-order valence-electron chi connectivity index (χ4n) is 2.32. The second-order valence-corrected chi connectivity index (χ2v) is 8.95. The Hall–Kier alpha value is -2.58. The Labute approximate surface area is 155 Å². The van der Waals surface area contributed by atoms with Gasteiger partial charge in [0.15, 0.2) is 0 Å². The molecule has 0 spiro atoms. The first-order valence-electron chi connectivity index (χ1n) is 7.84. The Morgan fingerprint density at radius 1 is 1.08 bits per heavy atom. The summed E-state index contributed by atoms with van der Waals surface area (Å²) in [5, 5.41) is 2.72. The van der Waals surface area contributed by atoms with Crippen LogP contribution in [0.5, 0.6) is 0 Å². The lowest BCUT2D eigenvalue weighted by atomic mass is 10.2. The summed E-state index contributed by atoms with van der Waals surface area (Å²) in [5.41, 5.74) is 2.10.